The number of fused-ring (bicyclic) bond motifs is 1. The van der Waals surface area contributed by atoms with E-state index in [0.29, 0.717) is 18.0 Å². The molecule has 1 aromatic heterocycles. The maximum absolute atomic E-state index is 12.9. The van der Waals surface area contributed by atoms with E-state index >= 15 is 0 Å². The maximum atomic E-state index is 12.9. The minimum Gasteiger partial charge on any atom is -0.366 e. The van der Waals surface area contributed by atoms with E-state index in [0.717, 1.165) is 55.4 Å². The molecule has 5 rings (SSSR count). The van der Waals surface area contributed by atoms with Crippen molar-refractivity contribution >= 4 is 17.9 Å². The van der Waals surface area contributed by atoms with Crippen LogP contribution in [0.3, 0.4) is 0 Å². The second kappa shape index (κ2) is 7.38. The van der Waals surface area contributed by atoms with Gasteiger partial charge in [-0.25, -0.2) is 0 Å². The highest BCUT2D eigenvalue weighted by Gasteiger charge is 2.55. The van der Waals surface area contributed by atoms with Crippen LogP contribution in [0.4, 0.5) is 0 Å². The van der Waals surface area contributed by atoms with E-state index in [1.165, 1.54) is 12.8 Å². The molecule has 2 atom stereocenters. The molecule has 1 saturated heterocycles. The molecule has 3 aliphatic rings. The zero-order valence-electron chi connectivity index (χ0n) is 16.9. The molecule has 0 spiro atoms. The van der Waals surface area contributed by atoms with E-state index in [-0.39, 0.29) is 11.3 Å². The molecule has 156 valence electrons. The molecule has 2 amide bonds. The zero-order valence-corrected chi connectivity index (χ0v) is 16.9. The highest BCUT2D eigenvalue weighted by Crippen LogP contribution is 2.50. The van der Waals surface area contributed by atoms with Crippen LogP contribution in [0.25, 0.3) is 6.08 Å². The summed E-state index contributed by atoms with van der Waals surface area (Å²) >= 11 is 0. The Morgan fingerprint density at radius 1 is 1.23 bits per heavy atom. The van der Waals surface area contributed by atoms with Gasteiger partial charge in [-0.05, 0) is 61.3 Å². The Hall–Kier alpha value is -2.96. The number of carbonyl (C=O) groups excluding carboxylic acids is 2. The number of benzene rings is 1. The van der Waals surface area contributed by atoms with Crippen molar-refractivity contribution in [3.8, 4) is 0 Å². The van der Waals surface area contributed by atoms with E-state index in [4.69, 9.17) is 15.2 Å². The Morgan fingerprint density at radius 2 is 2.03 bits per heavy atom. The molecule has 1 aromatic carbocycles. The summed E-state index contributed by atoms with van der Waals surface area (Å²) in [7, 11) is 0. The van der Waals surface area contributed by atoms with Gasteiger partial charge in [0.15, 0.2) is 5.82 Å². The number of carbonyl (C=O) groups is 2. The van der Waals surface area contributed by atoms with Crippen LogP contribution in [0.2, 0.25) is 0 Å². The summed E-state index contributed by atoms with van der Waals surface area (Å²) in [5.74, 6) is 2.16. The van der Waals surface area contributed by atoms with Crippen LogP contribution in [0.1, 0.15) is 59.7 Å². The van der Waals surface area contributed by atoms with Gasteiger partial charge in [0, 0.05) is 31.1 Å². The smallest absolute Gasteiger partial charge is 0.248 e. The van der Waals surface area contributed by atoms with Crippen molar-refractivity contribution in [2.24, 2.45) is 17.6 Å². The first-order chi connectivity index (χ1) is 14.5. The molecule has 2 saturated carbocycles. The molecule has 0 unspecified atom stereocenters. The molecule has 2 N–H and O–H groups in total. The lowest BCUT2D eigenvalue weighted by molar-refractivity contribution is -0.125. The second-order valence-electron chi connectivity index (χ2n) is 8.95. The fraction of sp³-hybridized carbons (Fsp3) is 0.478. The van der Waals surface area contributed by atoms with Crippen molar-refractivity contribution in [1.29, 1.82) is 0 Å². The summed E-state index contributed by atoms with van der Waals surface area (Å²) in [5, 5.41) is 4.23. The van der Waals surface area contributed by atoms with Gasteiger partial charge in [0.1, 0.15) is 0 Å². The summed E-state index contributed by atoms with van der Waals surface area (Å²) in [5.41, 5.74) is 6.38. The molecule has 7 nitrogen and oxygen atoms in total. The third-order valence-corrected chi connectivity index (χ3v) is 6.86. The number of nitrogens with two attached hydrogens (primary N) is 1. The van der Waals surface area contributed by atoms with Gasteiger partial charge in [-0.15, -0.1) is 0 Å². The Balaban J connectivity index is 1.28. The van der Waals surface area contributed by atoms with Crippen molar-refractivity contribution in [1.82, 2.24) is 15.0 Å². The van der Waals surface area contributed by atoms with Gasteiger partial charge in [-0.1, -0.05) is 23.7 Å². The Labute approximate surface area is 175 Å². The van der Waals surface area contributed by atoms with Crippen LogP contribution in [-0.4, -0.2) is 39.9 Å². The summed E-state index contributed by atoms with van der Waals surface area (Å²) in [4.78, 5) is 30.7. The third-order valence-electron chi connectivity index (χ3n) is 6.86. The van der Waals surface area contributed by atoms with Gasteiger partial charge < -0.3 is 15.2 Å². The third kappa shape index (κ3) is 3.53. The van der Waals surface area contributed by atoms with Gasteiger partial charge >= 0.3 is 0 Å². The lowest BCUT2D eigenvalue weighted by Gasteiger charge is -2.23. The molecule has 3 fully saturated rings. The van der Waals surface area contributed by atoms with Crippen LogP contribution in [0.15, 0.2) is 34.9 Å². The van der Waals surface area contributed by atoms with Gasteiger partial charge in [-0.3, -0.25) is 9.59 Å². The minimum absolute atomic E-state index is 0.0135. The average molecular weight is 406 g/mol. The summed E-state index contributed by atoms with van der Waals surface area (Å²) in [6.07, 6.45) is 10.0. The van der Waals surface area contributed by atoms with E-state index in [1.54, 1.807) is 36.4 Å². The van der Waals surface area contributed by atoms with Gasteiger partial charge in [0.2, 0.25) is 17.7 Å². The normalized spacial score (nSPS) is 25.7. The SMILES string of the molecule is NC(=O)c1ccc(/C=C/C(=O)N2C[C@H]3CCC[C@@]3(c3nc(CC4CC4)no3)C2)cc1. The largest absolute Gasteiger partial charge is 0.366 e. The van der Waals surface area contributed by atoms with E-state index in [9.17, 15) is 9.59 Å². The van der Waals surface area contributed by atoms with Gasteiger partial charge in [0.05, 0.1) is 5.41 Å². The van der Waals surface area contributed by atoms with E-state index in [1.807, 2.05) is 4.90 Å². The summed E-state index contributed by atoms with van der Waals surface area (Å²) < 4.78 is 5.71. The first-order valence-corrected chi connectivity index (χ1v) is 10.7. The molecule has 1 aliphatic heterocycles. The fourth-order valence-corrected chi connectivity index (χ4v) is 4.96. The van der Waals surface area contributed by atoms with Crippen LogP contribution >= 0.6 is 0 Å². The number of primary amides is 1. The highest BCUT2D eigenvalue weighted by molar-refractivity contribution is 5.94. The number of hydrogen-bond donors (Lipinski definition) is 1. The number of aromatic nitrogens is 2. The molecular weight excluding hydrogens is 380 g/mol. The number of nitrogens with zero attached hydrogens (tertiary/aromatic N) is 3. The molecule has 0 radical (unpaired) electrons. The van der Waals surface area contributed by atoms with Gasteiger partial charge in [-0.2, -0.15) is 4.98 Å². The second-order valence-corrected chi connectivity index (χ2v) is 8.95. The molecule has 2 heterocycles. The number of rotatable bonds is 6. The standard InChI is InChI=1S/C23H26N4O3/c24-21(29)17-8-5-15(6-9-17)7-10-20(28)27-13-18-2-1-11-23(18,14-27)22-25-19(26-30-22)12-16-3-4-16/h5-10,16,18H,1-4,11-14H2,(H2,24,29)/b10-7+/t18-,23-/m1/s1. The predicted octanol–water partition coefficient (Wildman–Crippen LogP) is 2.71. The predicted molar refractivity (Wildman–Crippen MR) is 110 cm³/mol. The highest BCUT2D eigenvalue weighted by atomic mass is 16.5. The fourth-order valence-electron chi connectivity index (χ4n) is 4.96. The Kier molecular flexibility index (Phi) is 4.68. The number of hydrogen-bond acceptors (Lipinski definition) is 5. The quantitative estimate of drug-likeness (QED) is 0.743. The average Bonchev–Trinajstić information content (AvgIpc) is 3.12. The van der Waals surface area contributed by atoms with Crippen molar-refractivity contribution in [3.05, 3.63) is 53.2 Å². The minimum atomic E-state index is -0.461. The monoisotopic (exact) mass is 406 g/mol. The lowest BCUT2D eigenvalue weighted by atomic mass is 9.80. The molecular formula is C23H26N4O3. The van der Waals surface area contributed by atoms with Crippen molar-refractivity contribution < 1.29 is 14.1 Å². The topological polar surface area (TPSA) is 102 Å². The van der Waals surface area contributed by atoms with E-state index in [2.05, 4.69) is 5.16 Å². The summed E-state index contributed by atoms with van der Waals surface area (Å²) in [6, 6.07) is 6.89. The van der Waals surface area contributed by atoms with Crippen molar-refractivity contribution in [2.45, 2.75) is 43.9 Å². The van der Waals surface area contributed by atoms with Gasteiger partial charge in [0.25, 0.3) is 0 Å². The van der Waals surface area contributed by atoms with Crippen LogP contribution in [0.5, 0.6) is 0 Å². The van der Waals surface area contributed by atoms with Crippen LogP contribution in [-0.2, 0) is 16.6 Å². The molecule has 0 bridgehead atoms. The first-order valence-electron chi connectivity index (χ1n) is 10.7. The van der Waals surface area contributed by atoms with Crippen molar-refractivity contribution in [3.63, 3.8) is 0 Å². The maximum Gasteiger partial charge on any atom is 0.248 e. The van der Waals surface area contributed by atoms with Crippen molar-refractivity contribution in [2.75, 3.05) is 13.1 Å². The Morgan fingerprint density at radius 3 is 2.77 bits per heavy atom. The molecule has 30 heavy (non-hydrogen) atoms. The van der Waals surface area contributed by atoms with Crippen LogP contribution < -0.4 is 5.73 Å². The number of likely N-dealkylation sites (tertiary alicyclic amines) is 1. The Bertz CT molecular complexity index is 992. The molecule has 7 heteroatoms. The zero-order chi connectivity index (χ0) is 20.7. The van der Waals surface area contributed by atoms with Crippen LogP contribution in [0, 0.1) is 11.8 Å². The van der Waals surface area contributed by atoms with E-state index < -0.39 is 5.91 Å². The molecule has 2 aromatic rings. The first kappa shape index (κ1) is 19.0. The lowest BCUT2D eigenvalue weighted by Crippen LogP contribution is -2.34. The molecule has 2 aliphatic carbocycles. The number of amides is 2. The summed E-state index contributed by atoms with van der Waals surface area (Å²) in [6.45, 7) is 1.36.